The maximum Gasteiger partial charge on any atom is 0.138 e. The zero-order valence-electron chi connectivity index (χ0n) is 17.1. The van der Waals surface area contributed by atoms with Crippen LogP contribution in [0.5, 0.6) is 0 Å². The Morgan fingerprint density at radius 2 is 1.39 bits per heavy atom. The Kier molecular flexibility index (Phi) is 5.79. The van der Waals surface area contributed by atoms with Crippen LogP contribution in [0.3, 0.4) is 0 Å². The molecule has 0 unspecified atom stereocenters. The molecular weight excluding hydrogens is 380 g/mol. The van der Waals surface area contributed by atoms with Crippen molar-refractivity contribution in [3.8, 4) is 12.1 Å². The zero-order chi connectivity index (χ0) is 21.6. The molecule has 1 heterocycles. The topological polar surface area (TPSA) is 56.8 Å². The highest BCUT2D eigenvalue weighted by Gasteiger charge is 2.28. The van der Waals surface area contributed by atoms with Crippen LogP contribution in [0, 0.1) is 29.6 Å². The minimum atomic E-state index is -0.169. The standard InChI is InChI=1S/C28H20N2O/c1-20-10-8-9-15-24(20)25-17-27(22-11-4-2-5-12-22)31-28(23-13-6-3-7-14-23)26(25)16-21(18-29)19-30/h2-17,25H,1H3/t25-/m1/s1. The van der Waals surface area contributed by atoms with Crippen LogP contribution in [0.4, 0.5) is 0 Å². The Balaban J connectivity index is 2.00. The SMILES string of the molecule is Cc1ccccc1[C@H]1C=C(c2ccccc2)OC(c2ccccc2)=C1C=C(C#N)C#N. The van der Waals surface area contributed by atoms with E-state index in [0.717, 1.165) is 33.6 Å². The minimum Gasteiger partial charge on any atom is -0.456 e. The predicted molar refractivity (Wildman–Crippen MR) is 122 cm³/mol. The predicted octanol–water partition coefficient (Wildman–Crippen LogP) is 6.53. The molecule has 0 N–H and O–H groups in total. The summed E-state index contributed by atoms with van der Waals surface area (Å²) in [5.74, 6) is 1.23. The Morgan fingerprint density at radius 1 is 0.806 bits per heavy atom. The van der Waals surface area contributed by atoms with Gasteiger partial charge in [-0.15, -0.1) is 0 Å². The highest BCUT2D eigenvalue weighted by molar-refractivity contribution is 5.79. The minimum absolute atomic E-state index is 0.0437. The molecule has 0 fully saturated rings. The van der Waals surface area contributed by atoms with Gasteiger partial charge in [0.25, 0.3) is 0 Å². The van der Waals surface area contributed by atoms with Gasteiger partial charge >= 0.3 is 0 Å². The maximum absolute atomic E-state index is 9.44. The number of benzene rings is 3. The third-order valence-corrected chi connectivity index (χ3v) is 5.29. The van der Waals surface area contributed by atoms with Crippen LogP contribution < -0.4 is 0 Å². The van der Waals surface area contributed by atoms with Gasteiger partial charge in [-0.05, 0) is 30.2 Å². The molecule has 0 spiro atoms. The molecule has 1 aliphatic heterocycles. The van der Waals surface area contributed by atoms with Crippen molar-refractivity contribution in [2.24, 2.45) is 0 Å². The van der Waals surface area contributed by atoms with Gasteiger partial charge in [0.2, 0.25) is 0 Å². The molecule has 0 saturated heterocycles. The molecule has 148 valence electrons. The molecule has 3 nitrogen and oxygen atoms in total. The van der Waals surface area contributed by atoms with Crippen molar-refractivity contribution in [3.63, 3.8) is 0 Å². The Bertz CT molecular complexity index is 1250. The lowest BCUT2D eigenvalue weighted by Crippen LogP contribution is -2.12. The quantitative estimate of drug-likeness (QED) is 0.468. The second kappa shape index (κ2) is 8.99. The molecule has 31 heavy (non-hydrogen) atoms. The van der Waals surface area contributed by atoms with E-state index in [-0.39, 0.29) is 11.5 Å². The van der Waals surface area contributed by atoms with Gasteiger partial charge in [-0.25, -0.2) is 0 Å². The van der Waals surface area contributed by atoms with Gasteiger partial charge in [-0.3, -0.25) is 0 Å². The molecule has 0 bridgehead atoms. The first-order valence-corrected chi connectivity index (χ1v) is 10.0. The number of allylic oxidation sites excluding steroid dienone is 4. The molecule has 0 saturated carbocycles. The summed E-state index contributed by atoms with van der Waals surface area (Å²) in [5, 5.41) is 18.9. The first-order chi connectivity index (χ1) is 15.2. The molecular formula is C28H20N2O. The largest absolute Gasteiger partial charge is 0.456 e. The summed E-state index contributed by atoms with van der Waals surface area (Å²) in [4.78, 5) is 0. The van der Waals surface area contributed by atoms with Crippen molar-refractivity contribution < 1.29 is 4.74 Å². The average molecular weight is 400 g/mol. The van der Waals surface area contributed by atoms with Crippen molar-refractivity contribution in [1.82, 2.24) is 0 Å². The van der Waals surface area contributed by atoms with Crippen molar-refractivity contribution >= 4 is 11.5 Å². The molecule has 3 aromatic carbocycles. The van der Waals surface area contributed by atoms with Crippen molar-refractivity contribution in [2.45, 2.75) is 12.8 Å². The van der Waals surface area contributed by atoms with Crippen molar-refractivity contribution in [2.75, 3.05) is 0 Å². The number of rotatable bonds is 4. The van der Waals surface area contributed by atoms with Gasteiger partial charge in [0, 0.05) is 22.6 Å². The summed E-state index contributed by atoms with van der Waals surface area (Å²) in [7, 11) is 0. The first kappa shape index (κ1) is 20.0. The van der Waals surface area contributed by atoms with Crippen molar-refractivity contribution in [1.29, 1.82) is 10.5 Å². The molecule has 4 rings (SSSR count). The molecule has 0 amide bonds. The third-order valence-electron chi connectivity index (χ3n) is 5.29. The molecule has 1 aliphatic rings. The van der Waals surface area contributed by atoms with E-state index >= 15 is 0 Å². The van der Waals surface area contributed by atoms with Gasteiger partial charge in [0.1, 0.15) is 29.2 Å². The normalized spacial score (nSPS) is 15.2. The van der Waals surface area contributed by atoms with Crippen LogP contribution in [0.25, 0.3) is 11.5 Å². The van der Waals surface area contributed by atoms with E-state index in [1.165, 1.54) is 0 Å². The van der Waals surface area contributed by atoms with Gasteiger partial charge in [-0.1, -0.05) is 84.9 Å². The van der Waals surface area contributed by atoms with Crippen LogP contribution in [0.15, 0.2) is 108 Å². The third kappa shape index (κ3) is 4.17. The van der Waals surface area contributed by atoms with E-state index in [4.69, 9.17) is 4.74 Å². The second-order valence-corrected chi connectivity index (χ2v) is 7.27. The fraction of sp³-hybridized carbons (Fsp3) is 0.0714. The summed E-state index contributed by atoms with van der Waals surface area (Å²) in [6, 6.07) is 31.9. The first-order valence-electron chi connectivity index (χ1n) is 10.0. The number of hydrogen-bond acceptors (Lipinski definition) is 3. The molecule has 3 heteroatoms. The summed E-state index contributed by atoms with van der Waals surface area (Å²) in [5.41, 5.74) is 4.93. The van der Waals surface area contributed by atoms with Gasteiger partial charge in [0.15, 0.2) is 0 Å². The summed E-state index contributed by atoms with van der Waals surface area (Å²) >= 11 is 0. The van der Waals surface area contributed by atoms with E-state index in [1.807, 2.05) is 84.9 Å². The highest BCUT2D eigenvalue weighted by Crippen LogP contribution is 2.43. The molecule has 0 radical (unpaired) electrons. The van der Waals surface area contributed by atoms with Gasteiger partial charge < -0.3 is 4.74 Å². The highest BCUT2D eigenvalue weighted by atomic mass is 16.5. The Morgan fingerprint density at radius 3 is 2.00 bits per heavy atom. The lowest BCUT2D eigenvalue weighted by Gasteiger charge is -2.28. The average Bonchev–Trinajstić information content (AvgIpc) is 2.84. The fourth-order valence-corrected chi connectivity index (χ4v) is 3.75. The lowest BCUT2D eigenvalue weighted by atomic mass is 9.83. The molecule has 1 atom stereocenters. The number of nitriles is 2. The van der Waals surface area contributed by atoms with E-state index < -0.39 is 0 Å². The van der Waals surface area contributed by atoms with Crippen LogP contribution in [-0.4, -0.2) is 0 Å². The van der Waals surface area contributed by atoms with Gasteiger partial charge in [-0.2, -0.15) is 10.5 Å². The van der Waals surface area contributed by atoms with E-state index in [0.29, 0.717) is 5.76 Å². The smallest absolute Gasteiger partial charge is 0.138 e. The van der Waals surface area contributed by atoms with Crippen LogP contribution in [-0.2, 0) is 4.74 Å². The summed E-state index contributed by atoms with van der Waals surface area (Å²) < 4.78 is 6.43. The number of nitrogens with zero attached hydrogens (tertiary/aromatic N) is 2. The molecule has 0 aromatic heterocycles. The summed E-state index contributed by atoms with van der Waals surface area (Å²) in [6.07, 6.45) is 3.72. The Hall–Kier alpha value is -4.34. The Labute approximate surface area is 182 Å². The van der Waals surface area contributed by atoms with Crippen molar-refractivity contribution in [3.05, 3.63) is 130 Å². The second-order valence-electron chi connectivity index (χ2n) is 7.27. The van der Waals surface area contributed by atoms with Crippen LogP contribution >= 0.6 is 0 Å². The van der Waals surface area contributed by atoms with E-state index in [2.05, 4.69) is 25.1 Å². The monoisotopic (exact) mass is 400 g/mol. The van der Waals surface area contributed by atoms with Crippen LogP contribution in [0.1, 0.15) is 28.2 Å². The fourth-order valence-electron chi connectivity index (χ4n) is 3.75. The van der Waals surface area contributed by atoms with Gasteiger partial charge in [0.05, 0.1) is 0 Å². The van der Waals surface area contributed by atoms with Crippen LogP contribution in [0.2, 0.25) is 0 Å². The van der Waals surface area contributed by atoms with E-state index in [1.54, 1.807) is 6.08 Å². The van der Waals surface area contributed by atoms with E-state index in [9.17, 15) is 10.5 Å². The molecule has 3 aromatic rings. The maximum atomic E-state index is 9.44. The number of hydrogen-bond donors (Lipinski definition) is 0. The lowest BCUT2D eigenvalue weighted by molar-refractivity contribution is 0.454. The molecule has 0 aliphatic carbocycles. The summed E-state index contributed by atoms with van der Waals surface area (Å²) in [6.45, 7) is 2.07. The number of ether oxygens (including phenoxy) is 1. The zero-order valence-corrected chi connectivity index (χ0v) is 17.1. The number of aryl methyl sites for hydroxylation is 1.